The van der Waals surface area contributed by atoms with Gasteiger partial charge in [0, 0.05) is 5.54 Å². The Labute approximate surface area is 155 Å². The maximum atomic E-state index is 10.2. The summed E-state index contributed by atoms with van der Waals surface area (Å²) in [6, 6.07) is 0. The molecule has 4 rings (SSSR count). The second-order valence-corrected chi connectivity index (χ2v) is 10.4. The molecule has 0 heterocycles. The Kier molecular flexibility index (Phi) is 4.21. The summed E-state index contributed by atoms with van der Waals surface area (Å²) < 4.78 is 0. The van der Waals surface area contributed by atoms with Gasteiger partial charge in [-0.25, -0.2) is 0 Å². The van der Waals surface area contributed by atoms with Gasteiger partial charge in [-0.2, -0.15) is 0 Å². The van der Waals surface area contributed by atoms with Gasteiger partial charge in [-0.05, 0) is 100 Å². The molecule has 3 saturated carbocycles. The average Bonchev–Trinajstić information content (AvgIpc) is 2.89. The summed E-state index contributed by atoms with van der Waals surface area (Å²) in [6.07, 6.45) is 13.8. The van der Waals surface area contributed by atoms with Gasteiger partial charge in [0.05, 0.1) is 6.10 Å². The highest BCUT2D eigenvalue weighted by atomic mass is 16.3. The lowest BCUT2D eigenvalue weighted by Gasteiger charge is -2.61. The van der Waals surface area contributed by atoms with E-state index in [2.05, 4.69) is 45.8 Å². The Morgan fingerprint density at radius 2 is 1.80 bits per heavy atom. The molecule has 0 aromatic rings. The number of fused-ring (bicyclic) bond motifs is 5. The van der Waals surface area contributed by atoms with E-state index in [1.165, 1.54) is 44.9 Å². The molecule has 0 saturated heterocycles. The van der Waals surface area contributed by atoms with Gasteiger partial charge < -0.3 is 10.0 Å². The van der Waals surface area contributed by atoms with Gasteiger partial charge in [0.2, 0.25) is 0 Å². The molecule has 2 heteroatoms. The molecule has 4 aliphatic carbocycles. The first-order chi connectivity index (χ1) is 11.8. The van der Waals surface area contributed by atoms with Crippen molar-refractivity contribution in [3.63, 3.8) is 0 Å². The number of hydrogen-bond acceptors (Lipinski definition) is 2. The summed E-state index contributed by atoms with van der Waals surface area (Å²) >= 11 is 0. The fraction of sp³-hybridized carbons (Fsp3) is 0.913. The first kappa shape index (κ1) is 18.0. The first-order valence-electron chi connectivity index (χ1n) is 10.8. The minimum atomic E-state index is -0.0855. The number of hydrogen-bond donors (Lipinski definition) is 1. The van der Waals surface area contributed by atoms with Crippen LogP contribution in [0.1, 0.15) is 78.6 Å². The Hall–Kier alpha value is -0.340. The topological polar surface area (TPSA) is 23.5 Å². The van der Waals surface area contributed by atoms with Crippen LogP contribution in [-0.4, -0.2) is 35.7 Å². The van der Waals surface area contributed by atoms with Crippen molar-refractivity contribution in [3.05, 3.63) is 11.6 Å². The summed E-state index contributed by atoms with van der Waals surface area (Å²) in [6.45, 7) is 7.59. The first-order valence-corrected chi connectivity index (χ1v) is 10.8. The third-order valence-corrected chi connectivity index (χ3v) is 9.84. The maximum absolute atomic E-state index is 10.2. The molecule has 142 valence electrons. The summed E-state index contributed by atoms with van der Waals surface area (Å²) in [5.41, 5.74) is 2.85. The van der Waals surface area contributed by atoms with Crippen molar-refractivity contribution in [1.82, 2.24) is 4.90 Å². The lowest BCUT2D eigenvalue weighted by Crippen LogP contribution is -2.59. The van der Waals surface area contributed by atoms with E-state index in [0.717, 1.165) is 30.6 Å². The van der Waals surface area contributed by atoms with E-state index in [9.17, 15) is 5.11 Å². The van der Waals surface area contributed by atoms with Crippen molar-refractivity contribution in [2.24, 2.45) is 28.6 Å². The molecule has 0 aromatic heterocycles. The van der Waals surface area contributed by atoms with Crippen molar-refractivity contribution >= 4 is 0 Å². The van der Waals surface area contributed by atoms with Crippen molar-refractivity contribution in [2.75, 3.05) is 14.1 Å². The van der Waals surface area contributed by atoms with Gasteiger partial charge in [0.15, 0.2) is 0 Å². The van der Waals surface area contributed by atoms with E-state index in [1.807, 2.05) is 0 Å². The van der Waals surface area contributed by atoms with Crippen molar-refractivity contribution in [3.8, 4) is 0 Å². The number of nitrogens with zero attached hydrogens (tertiary/aromatic N) is 1. The molecule has 7 atom stereocenters. The van der Waals surface area contributed by atoms with Gasteiger partial charge >= 0.3 is 0 Å². The van der Waals surface area contributed by atoms with Crippen LogP contribution < -0.4 is 0 Å². The second-order valence-electron chi connectivity index (χ2n) is 10.4. The van der Waals surface area contributed by atoms with Crippen LogP contribution in [0.4, 0.5) is 0 Å². The second kappa shape index (κ2) is 5.83. The smallest absolute Gasteiger partial charge is 0.0577 e. The van der Waals surface area contributed by atoms with Crippen LogP contribution in [-0.2, 0) is 0 Å². The molecule has 3 fully saturated rings. The van der Waals surface area contributed by atoms with Crippen molar-refractivity contribution < 1.29 is 5.11 Å². The molecule has 0 aliphatic heterocycles. The molecule has 2 nitrogen and oxygen atoms in total. The van der Waals surface area contributed by atoms with E-state index >= 15 is 0 Å². The minimum Gasteiger partial charge on any atom is -0.393 e. The van der Waals surface area contributed by atoms with E-state index in [0.29, 0.717) is 16.4 Å². The zero-order chi connectivity index (χ0) is 18.0. The van der Waals surface area contributed by atoms with Crippen LogP contribution in [0.2, 0.25) is 0 Å². The van der Waals surface area contributed by atoms with Crippen molar-refractivity contribution in [1.29, 1.82) is 0 Å². The van der Waals surface area contributed by atoms with E-state index in [4.69, 9.17) is 0 Å². The van der Waals surface area contributed by atoms with Crippen LogP contribution in [0.5, 0.6) is 0 Å². The standard InChI is InChI=1S/C23H39NO/c1-6-23(24(4)5)14-11-20-18-8-7-16-15-17(25)9-12-21(16,2)19(18)10-13-22(20,23)3/h7,17-20,25H,6,8-15H2,1-5H3/t17-,18?,19?,20?,21-,22-,23-/m0/s1. The number of aliphatic hydroxyl groups excluding tert-OH is 1. The molecule has 4 aliphatic rings. The molecule has 3 unspecified atom stereocenters. The lowest BCUT2D eigenvalue weighted by molar-refractivity contribution is -0.0872. The summed E-state index contributed by atoms with van der Waals surface area (Å²) in [5.74, 6) is 2.61. The highest BCUT2D eigenvalue weighted by Gasteiger charge is 2.63. The SMILES string of the molecule is CC[C@]1(N(C)C)CCC2C3CC=C4C[C@@H](O)CC[C@]4(C)C3CC[C@@]21C. The number of allylic oxidation sites excluding steroid dienone is 1. The van der Waals surface area contributed by atoms with Crippen LogP contribution in [0, 0.1) is 28.6 Å². The molecule has 0 amide bonds. The van der Waals surface area contributed by atoms with Gasteiger partial charge in [-0.15, -0.1) is 0 Å². The molecular weight excluding hydrogens is 306 g/mol. The average molecular weight is 346 g/mol. The molecular formula is C23H39NO. The fourth-order valence-electron chi connectivity index (χ4n) is 8.38. The largest absolute Gasteiger partial charge is 0.393 e. The van der Waals surface area contributed by atoms with Crippen molar-refractivity contribution in [2.45, 2.75) is 90.2 Å². The highest BCUT2D eigenvalue weighted by Crippen LogP contribution is 2.68. The molecule has 0 spiro atoms. The summed E-state index contributed by atoms with van der Waals surface area (Å²) in [7, 11) is 4.65. The number of rotatable bonds is 2. The molecule has 0 radical (unpaired) electrons. The Morgan fingerprint density at radius 3 is 2.48 bits per heavy atom. The van der Waals surface area contributed by atoms with Gasteiger partial charge in [-0.3, -0.25) is 0 Å². The van der Waals surface area contributed by atoms with Crippen LogP contribution >= 0.6 is 0 Å². The zero-order valence-electron chi connectivity index (χ0n) is 17.1. The lowest BCUT2D eigenvalue weighted by atomic mass is 9.46. The Bertz CT molecular complexity index is 568. The van der Waals surface area contributed by atoms with Gasteiger partial charge in [0.1, 0.15) is 0 Å². The predicted octanol–water partition coefficient (Wildman–Crippen LogP) is 5.02. The Morgan fingerprint density at radius 1 is 1.08 bits per heavy atom. The van der Waals surface area contributed by atoms with E-state index < -0.39 is 0 Å². The monoisotopic (exact) mass is 345 g/mol. The van der Waals surface area contributed by atoms with E-state index in [-0.39, 0.29) is 6.10 Å². The molecule has 1 N–H and O–H groups in total. The van der Waals surface area contributed by atoms with Gasteiger partial charge in [0.25, 0.3) is 0 Å². The predicted molar refractivity (Wildman–Crippen MR) is 104 cm³/mol. The maximum Gasteiger partial charge on any atom is 0.0577 e. The third kappa shape index (κ3) is 2.22. The molecule has 0 aromatic carbocycles. The van der Waals surface area contributed by atoms with Crippen LogP contribution in [0.25, 0.3) is 0 Å². The number of aliphatic hydroxyl groups is 1. The highest BCUT2D eigenvalue weighted by molar-refractivity contribution is 5.26. The van der Waals surface area contributed by atoms with Crippen LogP contribution in [0.3, 0.4) is 0 Å². The van der Waals surface area contributed by atoms with Gasteiger partial charge in [-0.1, -0.05) is 32.4 Å². The summed E-state index contributed by atoms with van der Waals surface area (Å²) in [5, 5.41) is 10.2. The minimum absolute atomic E-state index is 0.0855. The van der Waals surface area contributed by atoms with Crippen LogP contribution in [0.15, 0.2) is 11.6 Å². The summed E-state index contributed by atoms with van der Waals surface area (Å²) in [4.78, 5) is 2.58. The molecule has 0 bridgehead atoms. The molecule has 25 heavy (non-hydrogen) atoms. The zero-order valence-corrected chi connectivity index (χ0v) is 17.1. The fourth-order valence-corrected chi connectivity index (χ4v) is 8.38. The Balaban J connectivity index is 1.69. The normalized spacial score (nSPS) is 52.4. The third-order valence-electron chi connectivity index (χ3n) is 9.84. The van der Waals surface area contributed by atoms with E-state index in [1.54, 1.807) is 5.57 Å². The quantitative estimate of drug-likeness (QED) is 0.710.